The van der Waals surface area contributed by atoms with Crippen LogP contribution >= 0.6 is 11.8 Å². The molecule has 12 nitrogen and oxygen atoms in total. The Bertz CT molecular complexity index is 896. The molecular formula is C23H37N7O5S. The maximum absolute atomic E-state index is 13.0. The number of hydrogen-bond donors (Lipinski definition) is 7. The van der Waals surface area contributed by atoms with Crippen molar-refractivity contribution in [1.29, 1.82) is 0 Å². The Kier molecular flexibility index (Phi) is 14.0. The van der Waals surface area contributed by atoms with E-state index in [-0.39, 0.29) is 18.8 Å². The summed E-state index contributed by atoms with van der Waals surface area (Å²) in [5.74, 6) is -2.43. The Balaban J connectivity index is 2.82. The molecule has 0 spiro atoms. The summed E-state index contributed by atoms with van der Waals surface area (Å²) in [7, 11) is 0. The van der Waals surface area contributed by atoms with Crippen molar-refractivity contribution in [1.82, 2.24) is 16.0 Å². The van der Waals surface area contributed by atoms with Crippen LogP contribution in [0.15, 0.2) is 35.3 Å². The van der Waals surface area contributed by atoms with Gasteiger partial charge in [-0.25, -0.2) is 4.79 Å². The molecule has 0 aromatic heterocycles. The molecule has 0 heterocycles. The van der Waals surface area contributed by atoms with Gasteiger partial charge in [-0.15, -0.1) is 0 Å². The fourth-order valence-electron chi connectivity index (χ4n) is 3.16. The Morgan fingerprint density at radius 2 is 1.61 bits per heavy atom. The van der Waals surface area contributed by atoms with Crippen molar-refractivity contribution >= 4 is 41.4 Å². The van der Waals surface area contributed by atoms with Crippen LogP contribution in [0.2, 0.25) is 0 Å². The summed E-state index contributed by atoms with van der Waals surface area (Å²) >= 11 is 1.46. The molecule has 36 heavy (non-hydrogen) atoms. The number of rotatable bonds is 16. The van der Waals surface area contributed by atoms with E-state index in [1.165, 1.54) is 18.7 Å². The molecule has 0 fully saturated rings. The van der Waals surface area contributed by atoms with Gasteiger partial charge >= 0.3 is 5.97 Å². The summed E-state index contributed by atoms with van der Waals surface area (Å²) in [4.78, 5) is 53.6. The van der Waals surface area contributed by atoms with E-state index in [2.05, 4.69) is 20.9 Å². The van der Waals surface area contributed by atoms with Crippen molar-refractivity contribution in [3.05, 3.63) is 35.9 Å². The summed E-state index contributed by atoms with van der Waals surface area (Å²) in [5, 5.41) is 17.1. The van der Waals surface area contributed by atoms with Gasteiger partial charge in [-0.2, -0.15) is 11.8 Å². The number of thioether (sulfide) groups is 1. The van der Waals surface area contributed by atoms with Crippen LogP contribution in [0.25, 0.3) is 0 Å². The van der Waals surface area contributed by atoms with Crippen molar-refractivity contribution in [3.63, 3.8) is 0 Å². The molecule has 4 atom stereocenters. The van der Waals surface area contributed by atoms with Crippen LogP contribution in [-0.4, -0.2) is 77.5 Å². The van der Waals surface area contributed by atoms with Crippen molar-refractivity contribution in [3.8, 4) is 0 Å². The van der Waals surface area contributed by atoms with E-state index < -0.39 is 47.9 Å². The maximum Gasteiger partial charge on any atom is 0.326 e. The topological polar surface area (TPSA) is 215 Å². The zero-order valence-corrected chi connectivity index (χ0v) is 21.4. The van der Waals surface area contributed by atoms with Crippen molar-refractivity contribution in [2.24, 2.45) is 22.2 Å². The van der Waals surface area contributed by atoms with Crippen molar-refractivity contribution in [2.45, 2.75) is 56.8 Å². The molecule has 13 heteroatoms. The van der Waals surface area contributed by atoms with E-state index in [1.807, 2.05) is 12.3 Å². The highest BCUT2D eigenvalue weighted by Crippen LogP contribution is 2.07. The maximum atomic E-state index is 13.0. The fourth-order valence-corrected chi connectivity index (χ4v) is 3.63. The number of carbonyl (C=O) groups is 4. The number of carboxylic acid groups (broad SMARTS) is 1. The third kappa shape index (κ3) is 11.9. The SMILES string of the molecule is CSCCC(NC(=O)C(Cc1ccccc1)NC(=O)C(C)NC(=O)C(N)CCCN=C(N)N)C(=O)O. The molecule has 1 aromatic carbocycles. The molecule has 3 amide bonds. The zero-order chi connectivity index (χ0) is 27.1. The number of hydrogen-bond acceptors (Lipinski definition) is 7. The van der Waals surface area contributed by atoms with Gasteiger partial charge in [0.1, 0.15) is 18.1 Å². The predicted molar refractivity (Wildman–Crippen MR) is 140 cm³/mol. The van der Waals surface area contributed by atoms with Crippen LogP contribution in [-0.2, 0) is 25.6 Å². The van der Waals surface area contributed by atoms with Gasteiger partial charge in [0.25, 0.3) is 0 Å². The minimum atomic E-state index is -1.16. The highest BCUT2D eigenvalue weighted by molar-refractivity contribution is 7.98. The van der Waals surface area contributed by atoms with Crippen LogP contribution in [0.4, 0.5) is 0 Å². The van der Waals surface area contributed by atoms with Crippen molar-refractivity contribution < 1.29 is 24.3 Å². The number of carbonyl (C=O) groups excluding carboxylic acids is 3. The minimum absolute atomic E-state index is 0.0497. The van der Waals surface area contributed by atoms with Gasteiger partial charge in [0.2, 0.25) is 17.7 Å². The molecular weight excluding hydrogens is 486 g/mol. The average Bonchev–Trinajstić information content (AvgIpc) is 2.83. The van der Waals surface area contributed by atoms with Crippen LogP contribution in [0.5, 0.6) is 0 Å². The van der Waals surface area contributed by atoms with Crippen molar-refractivity contribution in [2.75, 3.05) is 18.6 Å². The van der Waals surface area contributed by atoms with Gasteiger partial charge in [-0.1, -0.05) is 30.3 Å². The van der Waals surface area contributed by atoms with E-state index in [0.29, 0.717) is 25.1 Å². The summed E-state index contributed by atoms with van der Waals surface area (Å²) in [6, 6.07) is 4.99. The van der Waals surface area contributed by atoms with Gasteiger partial charge in [-0.3, -0.25) is 19.4 Å². The second kappa shape index (κ2) is 16.4. The smallest absolute Gasteiger partial charge is 0.326 e. The quantitative estimate of drug-likeness (QED) is 0.0795. The Morgan fingerprint density at radius 3 is 2.19 bits per heavy atom. The van der Waals surface area contributed by atoms with Crippen LogP contribution < -0.4 is 33.2 Å². The van der Waals surface area contributed by atoms with Gasteiger partial charge in [0, 0.05) is 13.0 Å². The first-order chi connectivity index (χ1) is 17.0. The van der Waals surface area contributed by atoms with Gasteiger partial charge in [0.05, 0.1) is 6.04 Å². The third-order valence-corrected chi connectivity index (χ3v) is 5.84. The van der Waals surface area contributed by atoms with Crippen LogP contribution in [0, 0.1) is 0 Å². The highest BCUT2D eigenvalue weighted by atomic mass is 32.2. The Morgan fingerprint density at radius 1 is 0.972 bits per heavy atom. The number of carboxylic acids is 1. The van der Waals surface area contributed by atoms with E-state index >= 15 is 0 Å². The average molecular weight is 524 g/mol. The molecule has 4 unspecified atom stereocenters. The lowest BCUT2D eigenvalue weighted by atomic mass is 10.0. The van der Waals surface area contributed by atoms with Crippen LogP contribution in [0.3, 0.4) is 0 Å². The van der Waals surface area contributed by atoms with E-state index in [0.717, 1.165) is 5.56 Å². The number of amides is 3. The molecule has 0 radical (unpaired) electrons. The molecule has 1 aromatic rings. The van der Waals surface area contributed by atoms with E-state index in [9.17, 15) is 24.3 Å². The minimum Gasteiger partial charge on any atom is -0.480 e. The molecule has 0 aliphatic rings. The molecule has 200 valence electrons. The lowest BCUT2D eigenvalue weighted by molar-refractivity contribution is -0.142. The summed E-state index contributed by atoms with van der Waals surface area (Å²) in [6.45, 7) is 1.79. The molecule has 1 rings (SSSR count). The third-order valence-electron chi connectivity index (χ3n) is 5.20. The van der Waals surface area contributed by atoms with Gasteiger partial charge < -0.3 is 38.3 Å². The second-order valence-corrected chi connectivity index (χ2v) is 9.20. The first-order valence-corrected chi connectivity index (χ1v) is 12.9. The summed E-state index contributed by atoms with van der Waals surface area (Å²) in [5.41, 5.74) is 17.2. The highest BCUT2D eigenvalue weighted by Gasteiger charge is 2.28. The summed E-state index contributed by atoms with van der Waals surface area (Å²) < 4.78 is 0. The number of guanidine groups is 1. The number of nitrogens with two attached hydrogens (primary N) is 3. The zero-order valence-electron chi connectivity index (χ0n) is 20.6. The molecule has 0 saturated heterocycles. The Labute approximate surface area is 215 Å². The standard InChI is InChI=1S/C23H37N7O5S/c1-14(28-20(32)16(24)9-6-11-27-23(25)26)19(31)30-18(13-15-7-4-3-5-8-15)21(33)29-17(22(34)35)10-12-36-2/h3-5,7-8,14,16-18H,6,9-13,24H2,1-2H3,(H,28,32)(H,29,33)(H,30,31)(H,34,35)(H4,25,26,27). The fraction of sp³-hybridized carbons (Fsp3) is 0.522. The van der Waals surface area contributed by atoms with E-state index in [4.69, 9.17) is 17.2 Å². The number of aliphatic carboxylic acids is 1. The van der Waals surface area contributed by atoms with Gasteiger partial charge in [-0.05, 0) is 43.8 Å². The first kappa shape index (κ1) is 30.7. The number of aliphatic imine (C=N–C) groups is 1. The molecule has 0 bridgehead atoms. The number of nitrogens with one attached hydrogen (secondary N) is 3. The summed E-state index contributed by atoms with van der Waals surface area (Å²) in [6.07, 6.45) is 3.00. The number of benzene rings is 1. The number of nitrogens with zero attached hydrogens (tertiary/aromatic N) is 1. The molecule has 0 aliphatic heterocycles. The Hall–Kier alpha value is -3.32. The predicted octanol–water partition coefficient (Wildman–Crippen LogP) is -1.08. The van der Waals surface area contributed by atoms with Crippen LogP contribution in [0.1, 0.15) is 31.7 Å². The monoisotopic (exact) mass is 523 g/mol. The molecule has 10 N–H and O–H groups in total. The molecule has 0 saturated carbocycles. The second-order valence-electron chi connectivity index (χ2n) is 8.22. The van der Waals surface area contributed by atoms with E-state index in [1.54, 1.807) is 24.3 Å². The normalized spacial score (nSPS) is 14.0. The largest absolute Gasteiger partial charge is 0.480 e. The van der Waals surface area contributed by atoms with Gasteiger partial charge in [0.15, 0.2) is 5.96 Å². The first-order valence-electron chi connectivity index (χ1n) is 11.5. The lowest BCUT2D eigenvalue weighted by Crippen LogP contribution is -2.57. The molecule has 0 aliphatic carbocycles. The lowest BCUT2D eigenvalue weighted by Gasteiger charge is -2.24.